The Bertz CT molecular complexity index is 917. The summed E-state index contributed by atoms with van der Waals surface area (Å²) in [6, 6.07) is 10.9. The second kappa shape index (κ2) is 9.71. The second-order valence-electron chi connectivity index (χ2n) is 6.60. The zero-order valence-corrected chi connectivity index (χ0v) is 17.2. The van der Waals surface area contributed by atoms with E-state index < -0.39 is 0 Å². The number of nitrogens with one attached hydrogen (secondary N) is 1. The van der Waals surface area contributed by atoms with Crippen molar-refractivity contribution in [1.82, 2.24) is 20.4 Å². The molecule has 146 valence electrons. The highest BCUT2D eigenvalue weighted by atomic mass is 35.5. The normalized spacial score (nSPS) is 12.1. The van der Waals surface area contributed by atoms with Crippen molar-refractivity contribution < 1.29 is 9.32 Å². The Kier molecular flexibility index (Phi) is 7.06. The van der Waals surface area contributed by atoms with Crippen LogP contribution >= 0.6 is 23.4 Å². The molecule has 1 aromatic carbocycles. The Morgan fingerprint density at radius 2 is 2.04 bits per heavy atom. The molecular weight excluding hydrogens is 396 g/mol. The summed E-state index contributed by atoms with van der Waals surface area (Å²) in [7, 11) is 0. The number of halogens is 1. The van der Waals surface area contributed by atoms with Gasteiger partial charge in [-0.3, -0.25) is 9.78 Å². The molecule has 0 radical (unpaired) electrons. The van der Waals surface area contributed by atoms with Crippen LogP contribution in [0.5, 0.6) is 0 Å². The van der Waals surface area contributed by atoms with E-state index in [-0.39, 0.29) is 17.9 Å². The van der Waals surface area contributed by atoms with E-state index in [4.69, 9.17) is 16.1 Å². The van der Waals surface area contributed by atoms with Gasteiger partial charge in [0.15, 0.2) is 0 Å². The fourth-order valence-corrected chi connectivity index (χ4v) is 3.60. The van der Waals surface area contributed by atoms with Gasteiger partial charge in [0.2, 0.25) is 17.6 Å². The maximum Gasteiger partial charge on any atom is 0.249 e. The van der Waals surface area contributed by atoms with E-state index in [9.17, 15) is 4.79 Å². The molecule has 6 nitrogen and oxygen atoms in total. The minimum atomic E-state index is -0.345. The van der Waals surface area contributed by atoms with E-state index in [2.05, 4.69) is 20.4 Å². The third-order valence-electron chi connectivity index (χ3n) is 4.02. The first-order valence-electron chi connectivity index (χ1n) is 8.88. The predicted molar refractivity (Wildman–Crippen MR) is 111 cm³/mol. The fraction of sp³-hybridized carbons (Fsp3) is 0.300. The topological polar surface area (TPSA) is 80.9 Å². The molecular formula is C20H21ClN4O2S. The van der Waals surface area contributed by atoms with E-state index in [1.165, 1.54) is 11.8 Å². The zero-order valence-electron chi connectivity index (χ0n) is 15.6. The van der Waals surface area contributed by atoms with E-state index in [1.807, 2.05) is 50.2 Å². The number of carbonyl (C=O) groups excluding carboxylic acids is 1. The van der Waals surface area contributed by atoms with Crippen LogP contribution in [0, 0.1) is 5.92 Å². The summed E-state index contributed by atoms with van der Waals surface area (Å²) in [5, 5.41) is 7.72. The van der Waals surface area contributed by atoms with Gasteiger partial charge in [0.25, 0.3) is 0 Å². The molecule has 0 aliphatic rings. The van der Waals surface area contributed by atoms with Crippen LogP contribution < -0.4 is 5.32 Å². The number of pyridine rings is 1. The molecule has 1 N–H and O–H groups in total. The number of nitrogens with zero attached hydrogens (tertiary/aromatic N) is 3. The van der Waals surface area contributed by atoms with E-state index >= 15 is 0 Å². The third kappa shape index (κ3) is 5.56. The van der Waals surface area contributed by atoms with Crippen LogP contribution in [0.1, 0.15) is 31.3 Å². The number of hydrogen-bond acceptors (Lipinski definition) is 6. The highest BCUT2D eigenvalue weighted by Gasteiger charge is 2.24. The Morgan fingerprint density at radius 1 is 1.25 bits per heavy atom. The number of rotatable bonds is 8. The molecule has 0 saturated carbocycles. The summed E-state index contributed by atoms with van der Waals surface area (Å²) in [4.78, 5) is 20.8. The van der Waals surface area contributed by atoms with Gasteiger partial charge in [-0.1, -0.05) is 42.7 Å². The van der Waals surface area contributed by atoms with Crippen molar-refractivity contribution >= 4 is 29.3 Å². The lowest BCUT2D eigenvalue weighted by atomic mass is 10.0. The van der Waals surface area contributed by atoms with Crippen molar-refractivity contribution in [3.63, 3.8) is 0 Å². The van der Waals surface area contributed by atoms with Crippen molar-refractivity contribution in [3.05, 3.63) is 65.3 Å². The quantitative estimate of drug-likeness (QED) is 0.581. The average molecular weight is 417 g/mol. The average Bonchev–Trinajstić information content (AvgIpc) is 3.16. The monoisotopic (exact) mass is 416 g/mol. The zero-order chi connectivity index (χ0) is 19.9. The maximum absolute atomic E-state index is 12.4. The van der Waals surface area contributed by atoms with E-state index in [0.29, 0.717) is 28.2 Å². The van der Waals surface area contributed by atoms with Crippen molar-refractivity contribution in [2.24, 2.45) is 5.92 Å². The van der Waals surface area contributed by atoms with Gasteiger partial charge in [0.05, 0.1) is 5.75 Å². The van der Waals surface area contributed by atoms with Gasteiger partial charge in [-0.15, -0.1) is 11.8 Å². The molecule has 3 aromatic rings. The van der Waals surface area contributed by atoms with Gasteiger partial charge in [-0.05, 0) is 35.7 Å². The molecule has 0 saturated heterocycles. The molecule has 0 aliphatic carbocycles. The number of carbonyl (C=O) groups is 1. The van der Waals surface area contributed by atoms with Crippen LogP contribution in [0.25, 0.3) is 11.4 Å². The minimum absolute atomic E-state index is 0.0746. The molecule has 2 aromatic heterocycles. The third-order valence-corrected chi connectivity index (χ3v) is 5.26. The second-order valence-corrected chi connectivity index (χ2v) is 8.03. The molecule has 28 heavy (non-hydrogen) atoms. The van der Waals surface area contributed by atoms with Gasteiger partial charge in [0.1, 0.15) is 6.04 Å². The Morgan fingerprint density at radius 3 is 2.75 bits per heavy atom. The van der Waals surface area contributed by atoms with Gasteiger partial charge in [-0.2, -0.15) is 4.98 Å². The van der Waals surface area contributed by atoms with E-state index in [0.717, 1.165) is 11.1 Å². The number of benzene rings is 1. The first kappa shape index (κ1) is 20.4. The number of hydrogen-bond donors (Lipinski definition) is 1. The molecule has 1 amide bonds. The lowest BCUT2D eigenvalue weighted by molar-refractivity contribution is -0.119. The molecule has 0 aliphatic heterocycles. The smallest absolute Gasteiger partial charge is 0.249 e. The van der Waals surface area contributed by atoms with Crippen LogP contribution in [-0.2, 0) is 10.5 Å². The van der Waals surface area contributed by atoms with Gasteiger partial charge >= 0.3 is 0 Å². The Labute approximate surface area is 173 Å². The predicted octanol–water partition coefficient (Wildman–Crippen LogP) is 4.53. The molecule has 0 bridgehead atoms. The lowest BCUT2D eigenvalue weighted by Crippen LogP contribution is -2.33. The van der Waals surface area contributed by atoms with Crippen LogP contribution in [-0.4, -0.2) is 26.8 Å². The summed E-state index contributed by atoms with van der Waals surface area (Å²) in [6.45, 7) is 4.00. The molecule has 1 atom stereocenters. The molecule has 0 spiro atoms. The molecule has 3 rings (SSSR count). The molecule has 0 fully saturated rings. The molecule has 1 unspecified atom stereocenters. The SMILES string of the molecule is CC(C)C(NC(=O)CSCc1cccc(Cl)c1)c1nc(-c2ccncc2)no1. The Hall–Kier alpha value is -2.38. The highest BCUT2D eigenvalue weighted by Crippen LogP contribution is 2.24. The first-order valence-corrected chi connectivity index (χ1v) is 10.4. The Balaban J connectivity index is 1.58. The van der Waals surface area contributed by atoms with Gasteiger partial charge in [0, 0.05) is 28.7 Å². The molecule has 8 heteroatoms. The van der Waals surface area contributed by atoms with E-state index in [1.54, 1.807) is 12.4 Å². The number of thioether (sulfide) groups is 1. The number of aromatic nitrogens is 3. The van der Waals surface area contributed by atoms with Gasteiger partial charge in [-0.25, -0.2) is 0 Å². The minimum Gasteiger partial charge on any atom is -0.343 e. The summed E-state index contributed by atoms with van der Waals surface area (Å²) < 4.78 is 5.41. The number of amides is 1. The lowest BCUT2D eigenvalue weighted by Gasteiger charge is -2.18. The summed E-state index contributed by atoms with van der Waals surface area (Å²) in [6.07, 6.45) is 3.34. The fourth-order valence-electron chi connectivity index (χ4n) is 2.60. The summed E-state index contributed by atoms with van der Waals surface area (Å²) in [5.41, 5.74) is 1.90. The molecule has 2 heterocycles. The van der Waals surface area contributed by atoms with Crippen molar-refractivity contribution in [1.29, 1.82) is 0 Å². The maximum atomic E-state index is 12.4. The van der Waals surface area contributed by atoms with Crippen LogP contribution in [0.15, 0.2) is 53.3 Å². The van der Waals surface area contributed by atoms with Crippen LogP contribution in [0.2, 0.25) is 5.02 Å². The standard InChI is InChI=1S/C20H21ClN4O2S/c1-13(2)18(20-24-19(25-27-20)15-6-8-22-9-7-15)23-17(26)12-28-11-14-4-3-5-16(21)10-14/h3-10,13,18H,11-12H2,1-2H3,(H,23,26). The van der Waals surface area contributed by atoms with Crippen LogP contribution in [0.4, 0.5) is 0 Å². The van der Waals surface area contributed by atoms with Gasteiger partial charge < -0.3 is 9.84 Å². The largest absolute Gasteiger partial charge is 0.343 e. The van der Waals surface area contributed by atoms with Crippen molar-refractivity contribution in [2.75, 3.05) is 5.75 Å². The summed E-state index contributed by atoms with van der Waals surface area (Å²) >= 11 is 7.52. The summed E-state index contributed by atoms with van der Waals surface area (Å²) in [5.74, 6) is 1.96. The van der Waals surface area contributed by atoms with Crippen molar-refractivity contribution in [2.45, 2.75) is 25.6 Å². The highest BCUT2D eigenvalue weighted by molar-refractivity contribution is 7.99. The first-order chi connectivity index (χ1) is 13.5. The van der Waals surface area contributed by atoms with Crippen LogP contribution in [0.3, 0.4) is 0 Å². The van der Waals surface area contributed by atoms with Crippen molar-refractivity contribution in [3.8, 4) is 11.4 Å².